The van der Waals surface area contributed by atoms with E-state index in [1.807, 2.05) is 6.08 Å². The van der Waals surface area contributed by atoms with Gasteiger partial charge >= 0.3 is 5.97 Å². The maximum atomic E-state index is 12.5. The number of ether oxygens (including phenoxy) is 1. The molecular weight excluding hydrogens is 947 g/mol. The van der Waals surface area contributed by atoms with Crippen molar-refractivity contribution in [3.8, 4) is 0 Å². The zero-order valence-corrected chi connectivity index (χ0v) is 52.0. The van der Waals surface area contributed by atoms with Crippen LogP contribution in [0.15, 0.2) is 36.5 Å². The highest BCUT2D eigenvalue weighted by molar-refractivity contribution is 5.76. The Morgan fingerprint density at radius 3 is 0.922 bits per heavy atom. The molecule has 0 heterocycles. The van der Waals surface area contributed by atoms with Crippen molar-refractivity contribution in [1.82, 2.24) is 5.32 Å². The van der Waals surface area contributed by atoms with E-state index in [1.54, 1.807) is 6.08 Å². The monoisotopic (exact) mass is 1080 g/mol. The summed E-state index contributed by atoms with van der Waals surface area (Å²) in [5, 5.41) is 23.1. The van der Waals surface area contributed by atoms with E-state index < -0.39 is 12.1 Å². The molecular formula is C71H135NO5. The predicted molar refractivity (Wildman–Crippen MR) is 338 cm³/mol. The molecule has 6 nitrogen and oxygen atoms in total. The summed E-state index contributed by atoms with van der Waals surface area (Å²) in [5.41, 5.74) is 0. The second-order valence-corrected chi connectivity index (χ2v) is 23.9. The minimum absolute atomic E-state index is 0.0131. The third-order valence-corrected chi connectivity index (χ3v) is 16.1. The van der Waals surface area contributed by atoms with Crippen LogP contribution >= 0.6 is 0 Å². The van der Waals surface area contributed by atoms with E-state index in [0.29, 0.717) is 19.4 Å². The Kier molecular flexibility index (Phi) is 64.9. The molecule has 2 unspecified atom stereocenters. The summed E-state index contributed by atoms with van der Waals surface area (Å²) in [6.45, 7) is 4.92. The number of esters is 1. The van der Waals surface area contributed by atoms with Gasteiger partial charge in [-0.05, 0) is 83.5 Å². The Labute approximate surface area is 481 Å². The van der Waals surface area contributed by atoms with Gasteiger partial charge in [-0.1, -0.05) is 320 Å². The number of carbonyl (C=O) groups is 2. The van der Waals surface area contributed by atoms with Crippen LogP contribution in [0.2, 0.25) is 0 Å². The van der Waals surface area contributed by atoms with Gasteiger partial charge in [0.2, 0.25) is 5.91 Å². The largest absolute Gasteiger partial charge is 0.466 e. The fraction of sp³-hybridized carbons (Fsp3) is 0.887. The molecule has 2 atom stereocenters. The SMILES string of the molecule is CCCCCCCC/C=C\CCCCCCCCCC(=O)OCCCCCCCCCCCCCC/C=C\CCCCCCCCCCCCCCCC(=O)NC(CO)C(O)/C=C/CCCCCCCCCCCCCC. The van der Waals surface area contributed by atoms with Gasteiger partial charge in [-0.15, -0.1) is 0 Å². The Balaban J connectivity index is 3.37. The van der Waals surface area contributed by atoms with E-state index in [0.717, 1.165) is 44.9 Å². The molecule has 0 saturated heterocycles. The van der Waals surface area contributed by atoms with Gasteiger partial charge in [-0.2, -0.15) is 0 Å². The van der Waals surface area contributed by atoms with Crippen molar-refractivity contribution in [2.75, 3.05) is 13.2 Å². The van der Waals surface area contributed by atoms with Crippen LogP contribution in [0.25, 0.3) is 0 Å². The smallest absolute Gasteiger partial charge is 0.305 e. The highest BCUT2D eigenvalue weighted by Gasteiger charge is 2.18. The number of nitrogens with one attached hydrogen (secondary N) is 1. The van der Waals surface area contributed by atoms with E-state index in [2.05, 4.69) is 43.5 Å². The van der Waals surface area contributed by atoms with Crippen molar-refractivity contribution in [1.29, 1.82) is 0 Å². The fourth-order valence-corrected chi connectivity index (χ4v) is 10.8. The highest BCUT2D eigenvalue weighted by atomic mass is 16.5. The summed E-state index contributed by atoms with van der Waals surface area (Å²) in [4.78, 5) is 24.6. The van der Waals surface area contributed by atoms with Gasteiger partial charge in [0.05, 0.1) is 25.4 Å². The maximum Gasteiger partial charge on any atom is 0.305 e. The standard InChI is InChI=1S/C71H135NO5/c1-3-5-7-9-11-13-15-17-19-33-37-41-45-49-53-57-61-65-71(76)77-66-62-58-54-50-46-42-38-35-32-30-28-26-24-22-20-21-23-25-27-29-31-34-36-40-44-48-52-56-60-64-70(75)72-68(67-73)69(74)63-59-55-51-47-43-39-18-16-14-12-10-8-6-4-2/h17,19-20,22,59,63,68-69,73-74H,3-16,18,21,23-58,60-62,64-67H2,1-2H3,(H,72,75)/b19-17-,22-20-,63-59+. The van der Waals surface area contributed by atoms with Crippen molar-refractivity contribution in [2.45, 2.75) is 392 Å². The van der Waals surface area contributed by atoms with Gasteiger partial charge in [-0.25, -0.2) is 0 Å². The molecule has 0 aliphatic carbocycles. The molecule has 0 spiro atoms. The minimum Gasteiger partial charge on any atom is -0.466 e. The molecule has 6 heteroatoms. The lowest BCUT2D eigenvalue weighted by molar-refractivity contribution is -0.143. The third-order valence-electron chi connectivity index (χ3n) is 16.1. The van der Waals surface area contributed by atoms with E-state index in [4.69, 9.17) is 4.74 Å². The normalized spacial score (nSPS) is 12.7. The van der Waals surface area contributed by atoms with Crippen molar-refractivity contribution < 1.29 is 24.5 Å². The van der Waals surface area contributed by atoms with Gasteiger partial charge in [-0.3, -0.25) is 9.59 Å². The molecule has 0 aromatic rings. The lowest BCUT2D eigenvalue weighted by atomic mass is 10.0. The minimum atomic E-state index is -0.843. The maximum absolute atomic E-state index is 12.5. The summed E-state index contributed by atoms with van der Waals surface area (Å²) in [6.07, 6.45) is 85.1. The van der Waals surface area contributed by atoms with Crippen LogP contribution in [-0.2, 0) is 14.3 Å². The second kappa shape index (κ2) is 66.6. The summed E-state index contributed by atoms with van der Waals surface area (Å²) < 4.78 is 5.50. The first-order chi connectivity index (χ1) is 38.0. The van der Waals surface area contributed by atoms with Crippen LogP contribution in [0.4, 0.5) is 0 Å². The molecule has 0 fully saturated rings. The van der Waals surface area contributed by atoms with E-state index in [-0.39, 0.29) is 18.5 Å². The van der Waals surface area contributed by atoms with Crippen LogP contribution in [-0.4, -0.2) is 47.4 Å². The number of carbonyl (C=O) groups excluding carboxylic acids is 2. The number of hydrogen-bond donors (Lipinski definition) is 3. The van der Waals surface area contributed by atoms with E-state index in [9.17, 15) is 19.8 Å². The summed E-state index contributed by atoms with van der Waals surface area (Å²) >= 11 is 0. The molecule has 1 amide bonds. The zero-order chi connectivity index (χ0) is 55.7. The molecule has 454 valence electrons. The van der Waals surface area contributed by atoms with Gasteiger partial charge in [0, 0.05) is 12.8 Å². The molecule has 77 heavy (non-hydrogen) atoms. The summed E-state index contributed by atoms with van der Waals surface area (Å²) in [7, 11) is 0. The molecule has 0 rings (SSSR count). The molecule has 0 aliphatic heterocycles. The molecule has 0 saturated carbocycles. The number of rotatable bonds is 65. The number of amides is 1. The van der Waals surface area contributed by atoms with Gasteiger partial charge in [0.15, 0.2) is 0 Å². The average molecular weight is 1080 g/mol. The Morgan fingerprint density at radius 1 is 0.351 bits per heavy atom. The topological polar surface area (TPSA) is 95.9 Å². The van der Waals surface area contributed by atoms with Crippen molar-refractivity contribution in [2.24, 2.45) is 0 Å². The molecule has 0 aromatic carbocycles. The molecule has 0 bridgehead atoms. The number of aliphatic hydroxyl groups excluding tert-OH is 2. The Hall–Kier alpha value is -1.92. The molecule has 0 aliphatic rings. The fourth-order valence-electron chi connectivity index (χ4n) is 10.8. The Morgan fingerprint density at radius 2 is 0.610 bits per heavy atom. The summed E-state index contributed by atoms with van der Waals surface area (Å²) in [6, 6.07) is -0.627. The number of hydrogen-bond acceptors (Lipinski definition) is 5. The van der Waals surface area contributed by atoms with Gasteiger partial charge in [0.1, 0.15) is 0 Å². The van der Waals surface area contributed by atoms with Crippen LogP contribution in [0, 0.1) is 0 Å². The first-order valence-corrected chi connectivity index (χ1v) is 34.8. The Bertz CT molecular complexity index is 1250. The highest BCUT2D eigenvalue weighted by Crippen LogP contribution is 2.18. The quantitative estimate of drug-likeness (QED) is 0.0320. The number of allylic oxidation sites excluding steroid dienone is 5. The van der Waals surface area contributed by atoms with Crippen LogP contribution in [0.5, 0.6) is 0 Å². The van der Waals surface area contributed by atoms with Crippen molar-refractivity contribution in [3.63, 3.8) is 0 Å². The van der Waals surface area contributed by atoms with Crippen LogP contribution in [0.1, 0.15) is 380 Å². The van der Waals surface area contributed by atoms with Crippen molar-refractivity contribution >= 4 is 11.9 Å². The second-order valence-electron chi connectivity index (χ2n) is 23.9. The van der Waals surface area contributed by atoms with Gasteiger partial charge < -0.3 is 20.3 Å². The number of unbranched alkanes of at least 4 members (excludes halogenated alkanes) is 50. The first kappa shape index (κ1) is 75.1. The van der Waals surface area contributed by atoms with Crippen LogP contribution < -0.4 is 5.32 Å². The van der Waals surface area contributed by atoms with Crippen LogP contribution in [0.3, 0.4) is 0 Å². The summed E-state index contributed by atoms with van der Waals surface area (Å²) in [5.74, 6) is -0.0525. The lowest BCUT2D eigenvalue weighted by Gasteiger charge is -2.20. The predicted octanol–water partition coefficient (Wildman–Crippen LogP) is 22.3. The lowest BCUT2D eigenvalue weighted by Crippen LogP contribution is -2.45. The van der Waals surface area contributed by atoms with E-state index >= 15 is 0 Å². The molecule has 0 radical (unpaired) electrons. The molecule has 0 aromatic heterocycles. The average Bonchev–Trinajstić information content (AvgIpc) is 3.43. The third kappa shape index (κ3) is 63.1. The molecule has 3 N–H and O–H groups in total. The van der Waals surface area contributed by atoms with E-state index in [1.165, 1.54) is 308 Å². The zero-order valence-electron chi connectivity index (χ0n) is 52.0. The van der Waals surface area contributed by atoms with Gasteiger partial charge in [0.25, 0.3) is 0 Å². The first-order valence-electron chi connectivity index (χ1n) is 34.8. The van der Waals surface area contributed by atoms with Crippen molar-refractivity contribution in [3.05, 3.63) is 36.5 Å². The number of aliphatic hydroxyl groups is 2.